The van der Waals surface area contributed by atoms with E-state index in [1.54, 1.807) is 23.6 Å². The average molecular weight is 468 g/mol. The smallest absolute Gasteiger partial charge is 0.141 e. The largest absolute Gasteiger partial charge is 0.207 e. The molecule has 0 aromatic heterocycles. The predicted octanol–water partition coefficient (Wildman–Crippen LogP) is 7.79. The molecule has 0 radical (unpaired) electrons. The number of halogens is 4. The molecular weight excluding hydrogens is 446 g/mol. The number of hydrogen-bond donors (Lipinski definition) is 0. The minimum atomic E-state index is -0.801. The molecule has 0 bridgehead atoms. The standard InChI is InChI=1S/C27H21F4NS/c1-3-5-6-22-23(28)11-17(12-24(22)29)7-8-19-9-10-20(13-18(19)4-2)21-14-25(30)27(33-16-32)26(31)15-21/h9-15H,3-6H2,1-2H3. The number of benzene rings is 3. The molecule has 0 aliphatic rings. The highest BCUT2D eigenvalue weighted by Gasteiger charge is 2.14. The summed E-state index contributed by atoms with van der Waals surface area (Å²) in [6.07, 6.45) is 2.50. The Morgan fingerprint density at radius 1 is 0.818 bits per heavy atom. The number of thioether (sulfide) groups is 1. The zero-order chi connectivity index (χ0) is 24.0. The third-order valence-electron chi connectivity index (χ3n) is 5.23. The normalized spacial score (nSPS) is 10.5. The van der Waals surface area contributed by atoms with Crippen LogP contribution in [0.1, 0.15) is 48.9 Å². The van der Waals surface area contributed by atoms with Crippen LogP contribution in [0.3, 0.4) is 0 Å². The third-order valence-corrected chi connectivity index (χ3v) is 5.91. The molecule has 0 aliphatic carbocycles. The van der Waals surface area contributed by atoms with Crippen molar-refractivity contribution in [3.63, 3.8) is 0 Å². The molecule has 0 unspecified atom stereocenters. The first kappa shape index (κ1) is 24.4. The summed E-state index contributed by atoms with van der Waals surface area (Å²) in [4.78, 5) is -0.334. The van der Waals surface area contributed by atoms with Crippen molar-refractivity contribution in [2.24, 2.45) is 0 Å². The van der Waals surface area contributed by atoms with E-state index in [9.17, 15) is 17.6 Å². The van der Waals surface area contributed by atoms with Gasteiger partial charge in [-0.1, -0.05) is 38.2 Å². The van der Waals surface area contributed by atoms with Crippen molar-refractivity contribution in [2.75, 3.05) is 0 Å². The van der Waals surface area contributed by atoms with Crippen molar-refractivity contribution in [3.8, 4) is 28.4 Å². The molecule has 0 N–H and O–H groups in total. The number of hydrogen-bond acceptors (Lipinski definition) is 2. The lowest BCUT2D eigenvalue weighted by Gasteiger charge is -2.09. The topological polar surface area (TPSA) is 23.8 Å². The van der Waals surface area contributed by atoms with Crippen molar-refractivity contribution in [3.05, 3.63) is 88.0 Å². The van der Waals surface area contributed by atoms with Crippen LogP contribution in [0, 0.1) is 45.8 Å². The Morgan fingerprint density at radius 3 is 2.06 bits per heavy atom. The molecule has 0 fully saturated rings. The molecule has 0 atom stereocenters. The highest BCUT2D eigenvalue weighted by molar-refractivity contribution is 8.03. The summed E-state index contributed by atoms with van der Waals surface area (Å²) in [5, 5.41) is 10.4. The van der Waals surface area contributed by atoms with Crippen LogP contribution in [0.15, 0.2) is 47.4 Å². The molecule has 3 aromatic carbocycles. The van der Waals surface area contributed by atoms with Crippen LogP contribution in [0.5, 0.6) is 0 Å². The SMILES string of the molecule is CCCCc1c(F)cc(C#Cc2ccc(-c3cc(F)c(SC#N)c(F)c3)cc2CC)cc1F. The molecule has 6 heteroatoms. The first-order valence-electron chi connectivity index (χ1n) is 10.6. The molecule has 0 spiro atoms. The van der Waals surface area contributed by atoms with Gasteiger partial charge in [0.2, 0.25) is 0 Å². The number of thiocyanates is 1. The fourth-order valence-corrected chi connectivity index (χ4v) is 3.87. The van der Waals surface area contributed by atoms with Gasteiger partial charge < -0.3 is 0 Å². The molecule has 0 saturated carbocycles. The van der Waals surface area contributed by atoms with Crippen molar-refractivity contribution < 1.29 is 17.6 Å². The van der Waals surface area contributed by atoms with Gasteiger partial charge in [0.25, 0.3) is 0 Å². The predicted molar refractivity (Wildman–Crippen MR) is 124 cm³/mol. The van der Waals surface area contributed by atoms with Crippen molar-refractivity contribution in [2.45, 2.75) is 44.4 Å². The number of unbranched alkanes of at least 4 members (excludes halogenated alkanes) is 1. The van der Waals surface area contributed by atoms with Crippen LogP contribution >= 0.6 is 11.8 Å². The average Bonchev–Trinajstić information content (AvgIpc) is 2.79. The van der Waals surface area contributed by atoms with Crippen LogP contribution in [0.4, 0.5) is 17.6 Å². The third kappa shape index (κ3) is 5.78. The van der Waals surface area contributed by atoms with Crippen molar-refractivity contribution in [1.82, 2.24) is 0 Å². The summed E-state index contributed by atoms with van der Waals surface area (Å²) in [7, 11) is 0. The van der Waals surface area contributed by atoms with Gasteiger partial charge in [-0.2, -0.15) is 5.26 Å². The Morgan fingerprint density at radius 2 is 1.48 bits per heavy atom. The fourth-order valence-electron chi connectivity index (χ4n) is 3.46. The first-order chi connectivity index (χ1) is 15.9. The maximum atomic E-state index is 14.3. The number of nitriles is 1. The summed E-state index contributed by atoms with van der Waals surface area (Å²) >= 11 is 0.437. The lowest BCUT2D eigenvalue weighted by molar-refractivity contribution is 0.542. The zero-order valence-corrected chi connectivity index (χ0v) is 19.1. The van der Waals surface area contributed by atoms with Gasteiger partial charge in [0.1, 0.15) is 28.7 Å². The van der Waals surface area contributed by atoms with Crippen molar-refractivity contribution in [1.29, 1.82) is 5.26 Å². The van der Waals surface area contributed by atoms with E-state index in [4.69, 9.17) is 5.26 Å². The lowest BCUT2D eigenvalue weighted by atomic mass is 9.97. The van der Waals surface area contributed by atoms with Crippen molar-refractivity contribution >= 4 is 11.8 Å². The van der Waals surface area contributed by atoms with E-state index < -0.39 is 23.3 Å². The fraction of sp³-hybridized carbons (Fsp3) is 0.222. The van der Waals surface area contributed by atoms with E-state index in [2.05, 4.69) is 11.8 Å². The molecule has 0 saturated heterocycles. The molecule has 3 rings (SSSR count). The number of rotatable bonds is 6. The molecule has 0 amide bonds. The maximum Gasteiger partial charge on any atom is 0.141 e. The summed E-state index contributed by atoms with van der Waals surface area (Å²) < 4.78 is 57.0. The van der Waals surface area contributed by atoms with Gasteiger partial charge in [0.05, 0.1) is 4.90 Å². The summed E-state index contributed by atoms with van der Waals surface area (Å²) in [5.41, 5.74) is 2.76. The van der Waals surface area contributed by atoms with E-state index in [1.165, 1.54) is 24.3 Å². The Balaban J connectivity index is 1.93. The van der Waals surface area contributed by atoms with E-state index in [-0.39, 0.29) is 16.0 Å². The van der Waals surface area contributed by atoms with Crippen LogP contribution in [0.25, 0.3) is 11.1 Å². The second kappa shape index (κ2) is 11.1. The molecule has 0 aliphatic heterocycles. The summed E-state index contributed by atoms with van der Waals surface area (Å²) in [6, 6.07) is 10.1. The minimum absolute atomic E-state index is 0.0830. The summed E-state index contributed by atoms with van der Waals surface area (Å²) in [5.74, 6) is 2.98. The van der Waals surface area contributed by atoms with E-state index in [0.717, 1.165) is 12.0 Å². The van der Waals surface area contributed by atoms with Gasteiger partial charge in [0.15, 0.2) is 0 Å². The number of aryl methyl sites for hydroxylation is 1. The van der Waals surface area contributed by atoms with Gasteiger partial charge in [-0.05, 0) is 84.1 Å². The molecule has 3 aromatic rings. The van der Waals surface area contributed by atoms with Gasteiger partial charge >= 0.3 is 0 Å². The highest BCUT2D eigenvalue weighted by Crippen LogP contribution is 2.31. The van der Waals surface area contributed by atoms with Gasteiger partial charge in [0, 0.05) is 16.7 Å². The van der Waals surface area contributed by atoms with Gasteiger partial charge in [-0.15, -0.1) is 0 Å². The Labute approximate surface area is 195 Å². The first-order valence-corrected chi connectivity index (χ1v) is 11.4. The van der Waals surface area contributed by atoms with E-state index in [1.807, 2.05) is 13.8 Å². The second-order valence-corrected chi connectivity index (χ2v) is 8.25. The van der Waals surface area contributed by atoms with Gasteiger partial charge in [-0.25, -0.2) is 17.6 Å². The van der Waals surface area contributed by atoms with Gasteiger partial charge in [-0.3, -0.25) is 0 Å². The summed E-state index contributed by atoms with van der Waals surface area (Å²) in [6.45, 7) is 3.88. The van der Waals surface area contributed by atoms with Crippen LogP contribution in [-0.2, 0) is 12.8 Å². The van der Waals surface area contributed by atoms with Crippen LogP contribution < -0.4 is 0 Å². The molecule has 0 heterocycles. The van der Waals surface area contributed by atoms with Crippen LogP contribution in [0.2, 0.25) is 0 Å². The maximum absolute atomic E-state index is 14.3. The molecule has 1 nitrogen and oxygen atoms in total. The molecular formula is C27H21F4NS. The highest BCUT2D eigenvalue weighted by atomic mass is 32.2. The number of nitrogens with zero attached hydrogens (tertiary/aromatic N) is 1. The second-order valence-electron chi connectivity index (χ2n) is 7.46. The lowest BCUT2D eigenvalue weighted by Crippen LogP contribution is -1.97. The van der Waals surface area contributed by atoms with E-state index >= 15 is 0 Å². The Bertz CT molecular complexity index is 1240. The van der Waals surface area contributed by atoms with E-state index in [0.29, 0.717) is 47.7 Å². The molecule has 168 valence electrons. The monoisotopic (exact) mass is 467 g/mol. The quantitative estimate of drug-likeness (QED) is 0.160. The molecule has 33 heavy (non-hydrogen) atoms. The minimum Gasteiger partial charge on any atom is -0.207 e. The Kier molecular flexibility index (Phi) is 8.20. The zero-order valence-electron chi connectivity index (χ0n) is 18.2. The van der Waals surface area contributed by atoms with Crippen LogP contribution in [-0.4, -0.2) is 0 Å². The Hall–Kier alpha value is -3.22.